The number of hydrogen-bond donors (Lipinski definition) is 0. The molecule has 64 valence electrons. The lowest BCUT2D eigenvalue weighted by Crippen LogP contribution is -2.02. The Morgan fingerprint density at radius 1 is 1.54 bits per heavy atom. The second kappa shape index (κ2) is 3.94. The smallest absolute Gasteiger partial charge is 0.121 e. The van der Waals surface area contributed by atoms with E-state index >= 15 is 0 Å². The van der Waals surface area contributed by atoms with E-state index in [1.54, 1.807) is 25.3 Å². The fraction of sp³-hybridized carbons (Fsp3) is 0.100. The molecule has 13 heavy (non-hydrogen) atoms. The van der Waals surface area contributed by atoms with Gasteiger partial charge in [-0.15, -0.1) is 0 Å². The van der Waals surface area contributed by atoms with Gasteiger partial charge in [0.05, 0.1) is 12.8 Å². The lowest BCUT2D eigenvalue weighted by atomic mass is 9.93. The van der Waals surface area contributed by atoms with Crippen LogP contribution < -0.4 is 5.46 Å². The highest BCUT2D eigenvalue weighted by molar-refractivity contribution is 6.32. The molecule has 3 heteroatoms. The van der Waals surface area contributed by atoms with Gasteiger partial charge in [0.15, 0.2) is 0 Å². The van der Waals surface area contributed by atoms with Gasteiger partial charge in [0.1, 0.15) is 13.6 Å². The van der Waals surface area contributed by atoms with Crippen LogP contribution in [0.3, 0.4) is 0 Å². The van der Waals surface area contributed by atoms with Crippen LogP contribution in [0.4, 0.5) is 5.69 Å². The summed E-state index contributed by atoms with van der Waals surface area (Å²) in [5.41, 5.74) is 2.15. The standard InChI is InChI=1S/C10H10BNO/c1-7(13-3)9-6-8(11)4-5-10(9)12-2/h4-6H,1-2H2,3H3. The Hall–Kier alpha value is -1.51. The summed E-state index contributed by atoms with van der Waals surface area (Å²) in [6.45, 7) is 7.18. The summed E-state index contributed by atoms with van der Waals surface area (Å²) in [5, 5.41) is 0. The van der Waals surface area contributed by atoms with E-state index in [2.05, 4.69) is 18.3 Å². The molecule has 0 spiro atoms. The first kappa shape index (κ1) is 9.58. The average Bonchev–Trinajstić information content (AvgIpc) is 2.16. The quantitative estimate of drug-likeness (QED) is 0.383. The van der Waals surface area contributed by atoms with E-state index < -0.39 is 0 Å². The summed E-state index contributed by atoms with van der Waals surface area (Å²) in [6.07, 6.45) is 0. The van der Waals surface area contributed by atoms with Crippen LogP contribution in [-0.2, 0) is 4.74 Å². The minimum Gasteiger partial charge on any atom is -0.497 e. The molecule has 2 nitrogen and oxygen atoms in total. The van der Waals surface area contributed by atoms with Gasteiger partial charge in [-0.25, -0.2) is 0 Å². The first-order valence-corrected chi connectivity index (χ1v) is 3.78. The predicted octanol–water partition coefficient (Wildman–Crippen LogP) is 1.43. The molecule has 1 aromatic carbocycles. The van der Waals surface area contributed by atoms with Crippen LogP contribution in [0.25, 0.3) is 5.76 Å². The van der Waals surface area contributed by atoms with Crippen LogP contribution >= 0.6 is 0 Å². The minimum atomic E-state index is 0.537. The van der Waals surface area contributed by atoms with Crippen LogP contribution in [0.15, 0.2) is 29.8 Å². The zero-order valence-corrected chi connectivity index (χ0v) is 7.58. The van der Waals surface area contributed by atoms with Gasteiger partial charge in [-0.3, -0.25) is 4.99 Å². The maximum atomic E-state index is 5.62. The van der Waals surface area contributed by atoms with E-state index in [0.717, 1.165) is 11.3 Å². The number of nitrogens with zero attached hydrogens (tertiary/aromatic N) is 1. The number of hydrogen-bond acceptors (Lipinski definition) is 2. The Morgan fingerprint density at radius 3 is 2.77 bits per heavy atom. The van der Waals surface area contributed by atoms with Gasteiger partial charge < -0.3 is 4.74 Å². The van der Waals surface area contributed by atoms with Crippen molar-refractivity contribution in [2.45, 2.75) is 0 Å². The molecular weight excluding hydrogens is 161 g/mol. The van der Waals surface area contributed by atoms with Crippen molar-refractivity contribution >= 4 is 31.5 Å². The predicted molar refractivity (Wildman–Crippen MR) is 57.1 cm³/mol. The van der Waals surface area contributed by atoms with Crippen LogP contribution in [-0.4, -0.2) is 21.7 Å². The van der Waals surface area contributed by atoms with E-state index in [9.17, 15) is 0 Å². The molecule has 0 saturated carbocycles. The molecule has 0 heterocycles. The highest BCUT2D eigenvalue weighted by Gasteiger charge is 2.04. The highest BCUT2D eigenvalue weighted by Crippen LogP contribution is 2.23. The van der Waals surface area contributed by atoms with E-state index in [0.29, 0.717) is 11.2 Å². The van der Waals surface area contributed by atoms with Gasteiger partial charge in [-0.05, 0) is 12.8 Å². The number of methoxy groups -OCH3 is 1. The number of aliphatic imine (C=N–C) groups is 1. The minimum absolute atomic E-state index is 0.537. The third-order valence-electron chi connectivity index (χ3n) is 1.74. The van der Waals surface area contributed by atoms with E-state index in [-0.39, 0.29) is 0 Å². The van der Waals surface area contributed by atoms with Crippen molar-refractivity contribution in [3.63, 3.8) is 0 Å². The Balaban J connectivity index is 3.23. The molecule has 0 atom stereocenters. The maximum absolute atomic E-state index is 5.62. The van der Waals surface area contributed by atoms with Crippen molar-refractivity contribution in [1.82, 2.24) is 0 Å². The van der Waals surface area contributed by atoms with Crippen LogP contribution in [0.2, 0.25) is 0 Å². The molecule has 0 aliphatic heterocycles. The topological polar surface area (TPSA) is 21.6 Å². The van der Waals surface area contributed by atoms with E-state index in [1.165, 1.54) is 0 Å². The fourth-order valence-corrected chi connectivity index (χ4v) is 1.02. The molecule has 0 bridgehead atoms. The Bertz CT molecular complexity index is 347. The SMILES string of the molecule is [B]c1ccc(N=C)c(C(=C)OC)c1. The van der Waals surface area contributed by atoms with Gasteiger partial charge in [0, 0.05) is 5.56 Å². The van der Waals surface area contributed by atoms with Gasteiger partial charge in [0.2, 0.25) is 0 Å². The third kappa shape index (κ3) is 1.99. The molecule has 0 N–H and O–H groups in total. The molecule has 0 fully saturated rings. The summed E-state index contributed by atoms with van der Waals surface area (Å²) < 4.78 is 5.00. The fourth-order valence-electron chi connectivity index (χ4n) is 1.02. The Morgan fingerprint density at radius 2 is 2.23 bits per heavy atom. The second-order valence-electron chi connectivity index (χ2n) is 2.56. The van der Waals surface area contributed by atoms with E-state index in [1.807, 2.05) is 0 Å². The summed E-state index contributed by atoms with van der Waals surface area (Å²) >= 11 is 0. The molecule has 0 aliphatic carbocycles. The molecule has 2 radical (unpaired) electrons. The van der Waals surface area contributed by atoms with Crippen molar-refractivity contribution in [2.24, 2.45) is 4.99 Å². The average molecular weight is 171 g/mol. The van der Waals surface area contributed by atoms with Crippen molar-refractivity contribution in [3.8, 4) is 0 Å². The molecule has 1 aromatic rings. The highest BCUT2D eigenvalue weighted by atomic mass is 16.5. The van der Waals surface area contributed by atoms with Crippen molar-refractivity contribution in [1.29, 1.82) is 0 Å². The lowest BCUT2D eigenvalue weighted by Gasteiger charge is -2.08. The summed E-state index contributed by atoms with van der Waals surface area (Å²) in [7, 11) is 7.17. The largest absolute Gasteiger partial charge is 0.497 e. The van der Waals surface area contributed by atoms with Crippen LogP contribution in [0.5, 0.6) is 0 Å². The third-order valence-corrected chi connectivity index (χ3v) is 1.74. The second-order valence-corrected chi connectivity index (χ2v) is 2.56. The van der Waals surface area contributed by atoms with Crippen molar-refractivity contribution in [2.75, 3.05) is 7.11 Å². The van der Waals surface area contributed by atoms with Crippen LogP contribution in [0, 0.1) is 0 Å². The van der Waals surface area contributed by atoms with Gasteiger partial charge in [-0.2, -0.15) is 0 Å². The summed E-state index contributed by atoms with van der Waals surface area (Å²) in [5.74, 6) is 0.537. The number of ether oxygens (including phenoxy) is 1. The van der Waals surface area contributed by atoms with Crippen LogP contribution in [0.1, 0.15) is 5.56 Å². The van der Waals surface area contributed by atoms with Crippen molar-refractivity contribution in [3.05, 3.63) is 30.3 Å². The molecular formula is C10H10BNO. The molecule has 0 unspecified atom stereocenters. The molecule has 0 aliphatic rings. The normalized spacial score (nSPS) is 9.31. The van der Waals surface area contributed by atoms with E-state index in [4.69, 9.17) is 12.6 Å². The molecule has 0 saturated heterocycles. The molecule has 1 rings (SSSR count). The zero-order valence-electron chi connectivity index (χ0n) is 7.58. The number of rotatable bonds is 3. The first-order valence-electron chi connectivity index (χ1n) is 3.78. The summed E-state index contributed by atoms with van der Waals surface area (Å²) in [6, 6.07) is 5.30. The zero-order chi connectivity index (χ0) is 9.84. The van der Waals surface area contributed by atoms with Crippen molar-refractivity contribution < 1.29 is 4.74 Å². The number of benzene rings is 1. The van der Waals surface area contributed by atoms with Gasteiger partial charge in [-0.1, -0.05) is 24.2 Å². The monoisotopic (exact) mass is 171 g/mol. The molecule has 0 aromatic heterocycles. The Kier molecular flexibility index (Phi) is 2.90. The van der Waals surface area contributed by atoms with Gasteiger partial charge in [0.25, 0.3) is 0 Å². The lowest BCUT2D eigenvalue weighted by molar-refractivity contribution is 0.371. The molecule has 0 amide bonds. The Labute approximate surface area is 79.4 Å². The first-order chi connectivity index (χ1) is 6.19. The summed E-state index contributed by atoms with van der Waals surface area (Å²) in [4.78, 5) is 3.83. The maximum Gasteiger partial charge on any atom is 0.121 e. The van der Waals surface area contributed by atoms with Gasteiger partial charge >= 0.3 is 0 Å².